The molecule has 0 aliphatic rings. The average Bonchev–Trinajstić information content (AvgIpc) is 2.31. The Balaban J connectivity index is 2.97. The predicted molar refractivity (Wildman–Crippen MR) is 78.1 cm³/mol. The van der Waals surface area contributed by atoms with Gasteiger partial charge in [-0.3, -0.25) is 0 Å². The third-order valence-electron chi connectivity index (χ3n) is 2.89. The second-order valence-corrected chi connectivity index (χ2v) is 6.07. The van der Waals surface area contributed by atoms with E-state index in [1.54, 1.807) is 6.07 Å². The fourth-order valence-corrected chi connectivity index (χ4v) is 4.05. The van der Waals surface area contributed by atoms with E-state index in [-0.39, 0.29) is 11.2 Å². The van der Waals surface area contributed by atoms with Crippen LogP contribution in [0.25, 0.3) is 0 Å². The van der Waals surface area contributed by atoms with E-state index in [4.69, 9.17) is 0 Å². The second kappa shape index (κ2) is 6.50. The molecule has 0 radical (unpaired) electrons. The summed E-state index contributed by atoms with van der Waals surface area (Å²) in [7, 11) is 0. The second-order valence-electron chi connectivity index (χ2n) is 4.03. The number of rotatable bonds is 5. The molecule has 90 valence electrons. The summed E-state index contributed by atoms with van der Waals surface area (Å²) in [5.41, 5.74) is 0.858. The Morgan fingerprint density at radius 1 is 1.25 bits per heavy atom. The fraction of sp³-hybridized carbons (Fsp3) is 0.500. The van der Waals surface area contributed by atoms with Crippen molar-refractivity contribution in [2.24, 2.45) is 5.41 Å². The zero-order valence-corrected chi connectivity index (χ0v) is 13.8. The molecule has 0 saturated carbocycles. The number of halogens is 4. The lowest BCUT2D eigenvalue weighted by molar-refractivity contribution is 0.367. The summed E-state index contributed by atoms with van der Waals surface area (Å²) in [6, 6.07) is 5.11. The fourth-order valence-electron chi connectivity index (χ4n) is 1.53. The van der Waals surface area contributed by atoms with Crippen molar-refractivity contribution in [3.05, 3.63) is 34.1 Å². The average molecular weight is 417 g/mol. The van der Waals surface area contributed by atoms with Crippen LogP contribution in [0.15, 0.2) is 22.7 Å². The van der Waals surface area contributed by atoms with Gasteiger partial charge in [-0.2, -0.15) is 0 Å². The normalized spacial score (nSPS) is 11.8. The molecule has 1 aromatic carbocycles. The minimum Gasteiger partial charge on any atom is -0.207 e. The summed E-state index contributed by atoms with van der Waals surface area (Å²) in [6.07, 6.45) is 1.75. The van der Waals surface area contributed by atoms with Crippen LogP contribution in [0.2, 0.25) is 0 Å². The van der Waals surface area contributed by atoms with Crippen LogP contribution in [-0.2, 0) is 6.42 Å². The van der Waals surface area contributed by atoms with Crippen LogP contribution in [0.5, 0.6) is 0 Å². The zero-order valence-electron chi connectivity index (χ0n) is 9.07. The van der Waals surface area contributed by atoms with Crippen molar-refractivity contribution in [2.45, 2.75) is 19.8 Å². The van der Waals surface area contributed by atoms with E-state index in [1.165, 1.54) is 6.07 Å². The van der Waals surface area contributed by atoms with E-state index in [2.05, 4.69) is 54.7 Å². The molecule has 0 atom stereocenters. The Kier molecular flexibility index (Phi) is 5.95. The van der Waals surface area contributed by atoms with Gasteiger partial charge in [0.1, 0.15) is 5.82 Å². The van der Waals surface area contributed by atoms with Gasteiger partial charge in [0, 0.05) is 15.1 Å². The quantitative estimate of drug-likeness (QED) is 0.570. The maximum atomic E-state index is 13.7. The van der Waals surface area contributed by atoms with Crippen molar-refractivity contribution in [1.82, 2.24) is 0 Å². The molecule has 0 unspecified atom stereocenters. The highest BCUT2D eigenvalue weighted by atomic mass is 79.9. The van der Waals surface area contributed by atoms with Crippen molar-refractivity contribution in [3.8, 4) is 0 Å². The Labute approximate surface area is 121 Å². The van der Waals surface area contributed by atoms with Crippen LogP contribution < -0.4 is 0 Å². The first-order chi connectivity index (χ1) is 7.56. The lowest BCUT2D eigenvalue weighted by Crippen LogP contribution is -2.27. The van der Waals surface area contributed by atoms with Crippen LogP contribution in [0, 0.1) is 11.2 Å². The molecule has 0 spiro atoms. The first-order valence-electron chi connectivity index (χ1n) is 5.13. The number of benzene rings is 1. The summed E-state index contributed by atoms with van der Waals surface area (Å²) in [5, 5.41) is 1.74. The monoisotopic (exact) mass is 414 g/mol. The van der Waals surface area contributed by atoms with Crippen LogP contribution >= 0.6 is 47.8 Å². The summed E-state index contributed by atoms with van der Waals surface area (Å²) in [4.78, 5) is 0. The van der Waals surface area contributed by atoms with Gasteiger partial charge >= 0.3 is 0 Å². The maximum Gasteiger partial charge on any atom is 0.126 e. The van der Waals surface area contributed by atoms with Crippen LogP contribution in [0.4, 0.5) is 4.39 Å². The van der Waals surface area contributed by atoms with Crippen LogP contribution in [0.1, 0.15) is 18.9 Å². The van der Waals surface area contributed by atoms with Gasteiger partial charge in [-0.15, -0.1) is 0 Å². The molecule has 0 nitrogen and oxygen atoms in total. The molecule has 0 amide bonds. The van der Waals surface area contributed by atoms with Crippen molar-refractivity contribution in [1.29, 1.82) is 0 Å². The lowest BCUT2D eigenvalue weighted by atomic mass is 9.83. The van der Waals surface area contributed by atoms with Gasteiger partial charge in [0.05, 0.1) is 0 Å². The van der Waals surface area contributed by atoms with Crippen LogP contribution in [-0.4, -0.2) is 10.7 Å². The molecule has 0 N–H and O–H groups in total. The van der Waals surface area contributed by atoms with Gasteiger partial charge in [0.25, 0.3) is 0 Å². The number of alkyl halides is 2. The molecule has 4 heteroatoms. The number of hydrogen-bond donors (Lipinski definition) is 0. The van der Waals surface area contributed by atoms with Crippen molar-refractivity contribution in [2.75, 3.05) is 10.7 Å². The lowest BCUT2D eigenvalue weighted by Gasteiger charge is -2.28. The summed E-state index contributed by atoms with van der Waals surface area (Å²) >= 11 is 10.4. The van der Waals surface area contributed by atoms with Crippen LogP contribution in [0.3, 0.4) is 0 Å². The molecule has 0 bridgehead atoms. The molecule has 0 aliphatic heterocycles. The van der Waals surface area contributed by atoms with Gasteiger partial charge in [-0.05, 0) is 42.0 Å². The highest BCUT2D eigenvalue weighted by Gasteiger charge is 2.27. The highest BCUT2D eigenvalue weighted by molar-refractivity contribution is 9.10. The van der Waals surface area contributed by atoms with Gasteiger partial charge in [0.2, 0.25) is 0 Å². The molecule has 0 aliphatic carbocycles. The molecule has 0 aromatic heterocycles. The van der Waals surface area contributed by atoms with E-state index < -0.39 is 0 Å². The summed E-state index contributed by atoms with van der Waals surface area (Å²) < 4.78 is 14.6. The SMILES string of the molecule is CCC(CBr)(CBr)Cc1cc(Br)ccc1F. The Hall–Kier alpha value is 0.590. The Morgan fingerprint density at radius 3 is 2.38 bits per heavy atom. The summed E-state index contributed by atoms with van der Waals surface area (Å²) in [6.45, 7) is 2.14. The summed E-state index contributed by atoms with van der Waals surface area (Å²) in [5.74, 6) is -0.122. The molecule has 0 fully saturated rings. The highest BCUT2D eigenvalue weighted by Crippen LogP contribution is 2.33. The van der Waals surface area contributed by atoms with Crippen molar-refractivity contribution < 1.29 is 4.39 Å². The van der Waals surface area contributed by atoms with E-state index in [0.717, 1.165) is 33.5 Å². The number of hydrogen-bond acceptors (Lipinski definition) is 0. The van der Waals surface area contributed by atoms with Crippen molar-refractivity contribution >= 4 is 47.8 Å². The topological polar surface area (TPSA) is 0 Å². The first-order valence-corrected chi connectivity index (χ1v) is 8.16. The molecule has 1 rings (SSSR count). The Bertz CT molecular complexity index is 340. The van der Waals surface area contributed by atoms with Gasteiger partial charge in [0.15, 0.2) is 0 Å². The molecule has 1 aromatic rings. The molecule has 0 heterocycles. The molecule has 16 heavy (non-hydrogen) atoms. The predicted octanol–water partition coefficient (Wildman–Crippen LogP) is 5.32. The van der Waals surface area contributed by atoms with Gasteiger partial charge in [-0.25, -0.2) is 4.39 Å². The van der Waals surface area contributed by atoms with E-state index in [9.17, 15) is 4.39 Å². The Morgan fingerprint density at radius 2 is 1.88 bits per heavy atom. The third-order valence-corrected chi connectivity index (χ3v) is 5.76. The van der Waals surface area contributed by atoms with Gasteiger partial charge < -0.3 is 0 Å². The largest absolute Gasteiger partial charge is 0.207 e. The van der Waals surface area contributed by atoms with E-state index in [0.29, 0.717) is 0 Å². The van der Waals surface area contributed by atoms with E-state index in [1.807, 2.05) is 6.07 Å². The standard InChI is InChI=1S/C12H14Br3F/c1-2-12(7-13,8-14)6-9-5-10(15)3-4-11(9)16/h3-5H,2,6-8H2,1H3. The molecule has 0 saturated heterocycles. The minimum atomic E-state index is -0.122. The molecular formula is C12H14Br3F. The van der Waals surface area contributed by atoms with Crippen molar-refractivity contribution in [3.63, 3.8) is 0 Å². The third kappa shape index (κ3) is 3.54. The zero-order chi connectivity index (χ0) is 12.2. The minimum absolute atomic E-state index is 0.0850. The van der Waals surface area contributed by atoms with Gasteiger partial charge in [-0.1, -0.05) is 54.7 Å². The smallest absolute Gasteiger partial charge is 0.126 e. The molecular weight excluding hydrogens is 403 g/mol. The van der Waals surface area contributed by atoms with E-state index >= 15 is 0 Å². The maximum absolute atomic E-state index is 13.7. The first kappa shape index (κ1) is 14.7.